The number of ether oxygens (including phenoxy) is 1. The van der Waals surface area contributed by atoms with Crippen LogP contribution in [0.5, 0.6) is 11.5 Å². The van der Waals surface area contributed by atoms with E-state index in [2.05, 4.69) is 24.3 Å². The Hall–Kier alpha value is -2.81. The fraction of sp³-hybridized carbons (Fsp3) is 0. The summed E-state index contributed by atoms with van der Waals surface area (Å²) in [5.41, 5.74) is 1.35. The lowest BCUT2D eigenvalue weighted by atomic mass is 10.0. The van der Waals surface area contributed by atoms with Gasteiger partial charge in [-0.15, -0.1) is 24.3 Å². The first kappa shape index (κ1) is 20.5. The molecule has 150 valence electrons. The maximum absolute atomic E-state index is 12.6. The zero-order chi connectivity index (χ0) is 21.3. The first-order valence-corrected chi connectivity index (χ1v) is 11.0. The third kappa shape index (κ3) is 4.07. The molecular weight excluding hydrogens is 440 g/mol. The van der Waals surface area contributed by atoms with Crippen molar-refractivity contribution in [2.24, 2.45) is 0 Å². The van der Waals surface area contributed by atoms with Gasteiger partial charge in [-0.1, -0.05) is 22.9 Å². The summed E-state index contributed by atoms with van der Waals surface area (Å²) < 4.78 is 11.0. The quantitative estimate of drug-likeness (QED) is 0.213. The molecule has 2 aliphatic rings. The summed E-state index contributed by atoms with van der Waals surface area (Å²) in [4.78, 5) is 26.4. The number of hydrogen-bond donors (Lipinski definition) is 3. The predicted molar refractivity (Wildman–Crippen MR) is 122 cm³/mol. The Balaban J connectivity index is 1.77. The Bertz CT molecular complexity index is 1250. The van der Waals surface area contributed by atoms with Crippen LogP contribution >= 0.6 is 35.1 Å². The second kappa shape index (κ2) is 8.51. The van der Waals surface area contributed by atoms with Gasteiger partial charge in [0.05, 0.1) is 16.0 Å². The molecule has 1 aliphatic heterocycles. The highest BCUT2D eigenvalue weighted by Crippen LogP contribution is 2.39. The molecule has 30 heavy (non-hydrogen) atoms. The number of carbonyl (C=O) groups excluding carboxylic acids is 1. The van der Waals surface area contributed by atoms with Gasteiger partial charge >= 0.3 is 11.6 Å². The molecule has 5 nitrogen and oxygen atoms in total. The molecule has 1 aliphatic carbocycles. The molecular formula is C22H14O5S3. The molecule has 0 amide bonds. The Morgan fingerprint density at radius 3 is 2.37 bits per heavy atom. The first-order valence-electron chi connectivity index (χ1n) is 8.69. The molecule has 0 saturated heterocycles. The molecule has 2 aromatic rings. The van der Waals surface area contributed by atoms with E-state index >= 15 is 0 Å². The van der Waals surface area contributed by atoms with Crippen molar-refractivity contribution in [2.75, 3.05) is 0 Å². The van der Waals surface area contributed by atoms with Gasteiger partial charge in [0.1, 0.15) is 17.3 Å². The van der Waals surface area contributed by atoms with Gasteiger partial charge in [0.2, 0.25) is 0 Å². The molecule has 0 saturated carbocycles. The van der Waals surface area contributed by atoms with Gasteiger partial charge in [0.15, 0.2) is 0 Å². The van der Waals surface area contributed by atoms with E-state index in [1.807, 2.05) is 0 Å². The number of rotatable bonds is 4. The smallest absolute Gasteiger partial charge is 0.344 e. The lowest BCUT2D eigenvalue weighted by Crippen LogP contribution is -2.08. The Labute approximate surface area is 186 Å². The molecule has 8 heteroatoms. The van der Waals surface area contributed by atoms with E-state index in [1.54, 1.807) is 48.5 Å². The number of benzene rings is 2. The molecule has 1 heterocycles. The normalized spacial score (nSPS) is 10.9. The van der Waals surface area contributed by atoms with Crippen LogP contribution in [0.4, 0.5) is 0 Å². The van der Waals surface area contributed by atoms with Crippen molar-refractivity contribution in [3.8, 4) is 33.9 Å². The first-order chi connectivity index (χ1) is 14.5. The number of phenolic OH excluding ortho intramolecular Hbond substituents is 1. The summed E-state index contributed by atoms with van der Waals surface area (Å²) in [7, 11) is 1.10. The minimum atomic E-state index is -0.557. The number of fused-ring (bicyclic) bond motifs is 1. The Kier molecular flexibility index (Phi) is 5.80. The Morgan fingerprint density at radius 2 is 1.70 bits per heavy atom. The largest absolute Gasteiger partial charge is 0.508 e. The fourth-order valence-corrected chi connectivity index (χ4v) is 3.88. The Morgan fingerprint density at radius 1 is 1.00 bits per heavy atom. The predicted octanol–water partition coefficient (Wildman–Crippen LogP) is 5.56. The van der Waals surface area contributed by atoms with Crippen molar-refractivity contribution in [1.29, 1.82) is 0 Å². The highest BCUT2D eigenvalue weighted by molar-refractivity contribution is 8.68. The van der Waals surface area contributed by atoms with Gasteiger partial charge in [0, 0.05) is 16.5 Å². The molecule has 0 radical (unpaired) electrons. The zero-order valence-electron chi connectivity index (χ0n) is 15.2. The van der Waals surface area contributed by atoms with Crippen molar-refractivity contribution in [3.05, 3.63) is 82.7 Å². The average molecular weight is 455 g/mol. The summed E-state index contributed by atoms with van der Waals surface area (Å²) >= 11 is 8.45. The van der Waals surface area contributed by atoms with E-state index in [9.17, 15) is 14.7 Å². The third-order valence-corrected chi connectivity index (χ3v) is 5.83. The van der Waals surface area contributed by atoms with Crippen LogP contribution in [-0.2, 0) is 0 Å². The molecule has 0 aromatic heterocycles. The molecule has 0 bridgehead atoms. The summed E-state index contributed by atoms with van der Waals surface area (Å²) in [6.45, 7) is 0. The summed E-state index contributed by atoms with van der Waals surface area (Å²) in [5, 5.41) is 9.51. The standard InChI is InChI=1S/C22H14O5S3/c23-14-5-1-12(2-6-14)20-16-9-10-19(30-29)18(11-17(16)26-22(20)25)27-21(24)13-3-7-15(28)8-4-13/h1-11,23,28-29H. The minimum absolute atomic E-state index is 0.0958. The van der Waals surface area contributed by atoms with Crippen LogP contribution in [0.25, 0.3) is 22.5 Å². The topological polar surface area (TPSA) is 76.7 Å². The zero-order valence-corrected chi connectivity index (χ0v) is 17.8. The summed E-state index contributed by atoms with van der Waals surface area (Å²) in [5.74, 6) is 0.0265. The van der Waals surface area contributed by atoms with E-state index in [1.165, 1.54) is 18.2 Å². The van der Waals surface area contributed by atoms with Gasteiger partial charge in [0.25, 0.3) is 0 Å². The number of phenols is 1. The molecule has 2 aromatic carbocycles. The average Bonchev–Trinajstić information content (AvgIpc) is 2.94. The van der Waals surface area contributed by atoms with Crippen LogP contribution < -0.4 is 10.4 Å². The maximum atomic E-state index is 12.6. The highest BCUT2D eigenvalue weighted by Gasteiger charge is 2.21. The number of thiol groups is 2. The van der Waals surface area contributed by atoms with E-state index in [-0.39, 0.29) is 17.3 Å². The van der Waals surface area contributed by atoms with Crippen LogP contribution in [0.2, 0.25) is 0 Å². The van der Waals surface area contributed by atoms with Crippen LogP contribution in [0.15, 0.2) is 85.7 Å². The van der Waals surface area contributed by atoms with Gasteiger partial charge < -0.3 is 14.3 Å². The van der Waals surface area contributed by atoms with E-state index in [0.29, 0.717) is 27.1 Å². The second-order valence-electron chi connectivity index (χ2n) is 6.32. The fourth-order valence-electron chi connectivity index (χ4n) is 2.96. The molecule has 1 N–H and O–H groups in total. The van der Waals surface area contributed by atoms with Gasteiger partial charge in [-0.2, -0.15) is 0 Å². The van der Waals surface area contributed by atoms with E-state index < -0.39 is 11.6 Å². The van der Waals surface area contributed by atoms with Crippen molar-refractivity contribution in [1.82, 2.24) is 0 Å². The molecule has 0 atom stereocenters. The maximum Gasteiger partial charge on any atom is 0.344 e. The number of hydrogen-bond acceptors (Lipinski definition) is 8. The summed E-state index contributed by atoms with van der Waals surface area (Å²) in [6.07, 6.45) is 0. The number of carbonyl (C=O) groups is 1. The van der Waals surface area contributed by atoms with Crippen molar-refractivity contribution in [2.45, 2.75) is 9.79 Å². The molecule has 0 spiro atoms. The van der Waals surface area contributed by atoms with E-state index in [4.69, 9.17) is 9.15 Å². The lowest BCUT2D eigenvalue weighted by Gasteiger charge is -2.06. The molecule has 0 unspecified atom stereocenters. The highest BCUT2D eigenvalue weighted by atomic mass is 33.1. The van der Waals surface area contributed by atoms with Crippen molar-refractivity contribution < 1.29 is 19.1 Å². The number of aromatic hydroxyl groups is 1. The number of furan rings is 1. The van der Waals surface area contributed by atoms with Gasteiger partial charge in [-0.3, -0.25) is 0 Å². The number of esters is 1. The third-order valence-electron chi connectivity index (χ3n) is 4.41. The summed E-state index contributed by atoms with van der Waals surface area (Å²) in [6, 6.07) is 17.8. The van der Waals surface area contributed by atoms with Crippen LogP contribution in [0.1, 0.15) is 10.4 Å². The molecule has 0 fully saturated rings. The van der Waals surface area contributed by atoms with E-state index in [0.717, 1.165) is 15.7 Å². The molecule has 4 rings (SSSR count). The minimum Gasteiger partial charge on any atom is -0.508 e. The SMILES string of the molecule is O=C(Oc1cc2oc(=O)c(-c3ccc(O)cc3)c-2ccc1SS)c1ccc(S)cc1. The van der Waals surface area contributed by atoms with Crippen LogP contribution in [0, 0.1) is 0 Å². The van der Waals surface area contributed by atoms with Crippen LogP contribution in [-0.4, -0.2) is 11.1 Å². The monoisotopic (exact) mass is 454 g/mol. The second-order valence-corrected chi connectivity index (χ2v) is 8.01. The van der Waals surface area contributed by atoms with Crippen LogP contribution in [0.3, 0.4) is 0 Å². The lowest BCUT2D eigenvalue weighted by molar-refractivity contribution is 0.0730. The van der Waals surface area contributed by atoms with Crippen molar-refractivity contribution in [3.63, 3.8) is 0 Å². The van der Waals surface area contributed by atoms with Crippen molar-refractivity contribution >= 4 is 41.1 Å². The van der Waals surface area contributed by atoms with Gasteiger partial charge in [-0.25, -0.2) is 9.59 Å². The van der Waals surface area contributed by atoms with Gasteiger partial charge in [-0.05, 0) is 54.1 Å².